The number of hydrogen-bond donors (Lipinski definition) is 3. The van der Waals surface area contributed by atoms with E-state index in [0.29, 0.717) is 51.1 Å². The van der Waals surface area contributed by atoms with Crippen LogP contribution in [0.1, 0.15) is 68.6 Å². The number of ketones is 2. The van der Waals surface area contributed by atoms with Crippen molar-refractivity contribution in [2.75, 3.05) is 32.8 Å². The molecule has 2 fully saturated rings. The molecule has 37 heavy (non-hydrogen) atoms. The van der Waals surface area contributed by atoms with Crippen molar-refractivity contribution in [2.45, 2.75) is 69.9 Å². The first-order chi connectivity index (χ1) is 17.9. The van der Waals surface area contributed by atoms with Crippen LogP contribution >= 0.6 is 0 Å². The summed E-state index contributed by atoms with van der Waals surface area (Å²) in [7, 11) is 0. The summed E-state index contributed by atoms with van der Waals surface area (Å²) < 4.78 is 5.31. The molecule has 1 saturated heterocycles. The average molecular weight is 515 g/mol. The van der Waals surface area contributed by atoms with E-state index in [4.69, 9.17) is 4.74 Å². The van der Waals surface area contributed by atoms with Gasteiger partial charge in [-0.1, -0.05) is 69.4 Å². The molecule has 0 bridgehead atoms. The van der Waals surface area contributed by atoms with E-state index in [1.54, 1.807) is 35.2 Å². The summed E-state index contributed by atoms with van der Waals surface area (Å²) in [5, 5.41) is 8.13. The molecular formula is C27H38N4O6. The number of carbonyl (C=O) groups excluding carboxylic acids is 5. The van der Waals surface area contributed by atoms with Gasteiger partial charge in [0.25, 0.3) is 5.91 Å². The number of amides is 4. The Morgan fingerprint density at radius 2 is 1.68 bits per heavy atom. The van der Waals surface area contributed by atoms with Gasteiger partial charge in [-0.2, -0.15) is 0 Å². The monoisotopic (exact) mass is 514 g/mol. The number of hydrogen-bond acceptors (Lipinski definition) is 6. The van der Waals surface area contributed by atoms with Gasteiger partial charge in [0.1, 0.15) is 5.54 Å². The highest BCUT2D eigenvalue weighted by Gasteiger charge is 2.43. The first-order valence-corrected chi connectivity index (χ1v) is 13.2. The molecule has 1 saturated carbocycles. The molecule has 3 rings (SSSR count). The molecule has 1 atom stereocenters. The Balaban J connectivity index is 1.66. The summed E-state index contributed by atoms with van der Waals surface area (Å²) in [6.07, 6.45) is 5.10. The number of morpholine rings is 1. The maximum Gasteiger partial charge on any atom is 0.318 e. The molecule has 0 unspecified atom stereocenters. The van der Waals surface area contributed by atoms with Gasteiger partial charge in [-0.3, -0.25) is 19.2 Å². The highest BCUT2D eigenvalue weighted by molar-refractivity contribution is 6.38. The maximum atomic E-state index is 13.6. The largest absolute Gasteiger partial charge is 0.378 e. The number of rotatable bonds is 11. The lowest BCUT2D eigenvalue weighted by Crippen LogP contribution is -2.64. The Labute approximate surface area is 217 Å². The molecule has 0 radical (unpaired) electrons. The Morgan fingerprint density at radius 1 is 1.00 bits per heavy atom. The molecular weight excluding hydrogens is 476 g/mol. The predicted octanol–water partition coefficient (Wildman–Crippen LogP) is 1.97. The van der Waals surface area contributed by atoms with Gasteiger partial charge in [0, 0.05) is 18.7 Å². The van der Waals surface area contributed by atoms with Crippen LogP contribution in [0.3, 0.4) is 0 Å². The molecule has 1 aliphatic heterocycles. The molecule has 10 nitrogen and oxygen atoms in total. The van der Waals surface area contributed by atoms with E-state index in [1.807, 2.05) is 6.92 Å². The summed E-state index contributed by atoms with van der Waals surface area (Å²) in [5.74, 6) is -2.48. The van der Waals surface area contributed by atoms with Crippen molar-refractivity contribution in [2.24, 2.45) is 0 Å². The lowest BCUT2D eigenvalue weighted by Gasteiger charge is -2.39. The van der Waals surface area contributed by atoms with Crippen LogP contribution in [0.5, 0.6) is 0 Å². The normalized spacial score (nSPS) is 17.8. The third kappa shape index (κ3) is 7.85. The van der Waals surface area contributed by atoms with Gasteiger partial charge in [-0.25, -0.2) is 4.79 Å². The molecule has 0 aromatic heterocycles. The number of nitrogens with zero attached hydrogens (tertiary/aromatic N) is 1. The SMILES string of the molecule is CCCC[C@H](NC(=O)C1(NC(=O)N2CCOCC2)CCCCC1)C(=O)C(=O)NCC(=O)c1ccccc1. The van der Waals surface area contributed by atoms with E-state index in [2.05, 4.69) is 16.0 Å². The summed E-state index contributed by atoms with van der Waals surface area (Å²) in [6, 6.07) is 7.12. The molecule has 1 aromatic carbocycles. The average Bonchev–Trinajstić information content (AvgIpc) is 2.94. The number of urea groups is 1. The van der Waals surface area contributed by atoms with Crippen LogP contribution in [0, 0.1) is 0 Å². The first kappa shape index (κ1) is 28.3. The van der Waals surface area contributed by atoms with Crippen molar-refractivity contribution < 1.29 is 28.7 Å². The van der Waals surface area contributed by atoms with Crippen molar-refractivity contribution in [1.29, 1.82) is 0 Å². The zero-order valence-corrected chi connectivity index (χ0v) is 21.6. The molecule has 1 heterocycles. The molecule has 1 aromatic rings. The lowest BCUT2D eigenvalue weighted by atomic mass is 9.80. The number of Topliss-reactive ketones (excluding diaryl/α,β-unsaturated/α-hetero) is 2. The fourth-order valence-corrected chi connectivity index (χ4v) is 4.72. The van der Waals surface area contributed by atoms with Gasteiger partial charge in [-0.15, -0.1) is 0 Å². The quantitative estimate of drug-likeness (QED) is 0.305. The zero-order chi connectivity index (χ0) is 26.7. The Morgan fingerprint density at radius 3 is 2.32 bits per heavy atom. The molecule has 202 valence electrons. The summed E-state index contributed by atoms with van der Waals surface area (Å²) >= 11 is 0. The van der Waals surface area contributed by atoms with Crippen molar-refractivity contribution in [1.82, 2.24) is 20.9 Å². The predicted molar refractivity (Wildman–Crippen MR) is 137 cm³/mol. The van der Waals surface area contributed by atoms with Gasteiger partial charge in [0.05, 0.1) is 25.8 Å². The highest BCUT2D eigenvalue weighted by Crippen LogP contribution is 2.29. The van der Waals surface area contributed by atoms with Crippen LogP contribution in [0.15, 0.2) is 30.3 Å². The fourth-order valence-electron chi connectivity index (χ4n) is 4.72. The Kier molecular flexibility index (Phi) is 10.6. The Hall–Kier alpha value is -3.27. The van der Waals surface area contributed by atoms with Gasteiger partial charge < -0.3 is 25.6 Å². The van der Waals surface area contributed by atoms with Crippen LogP contribution in [-0.2, 0) is 19.1 Å². The van der Waals surface area contributed by atoms with Crippen LogP contribution in [0.2, 0.25) is 0 Å². The number of benzene rings is 1. The summed E-state index contributed by atoms with van der Waals surface area (Å²) in [6.45, 7) is 3.42. The van der Waals surface area contributed by atoms with Crippen molar-refractivity contribution >= 4 is 29.4 Å². The van der Waals surface area contributed by atoms with E-state index >= 15 is 0 Å². The third-order valence-corrected chi connectivity index (χ3v) is 6.98. The second-order valence-electron chi connectivity index (χ2n) is 9.68. The summed E-state index contributed by atoms with van der Waals surface area (Å²) in [4.78, 5) is 66.2. The minimum atomic E-state index is -1.14. The smallest absolute Gasteiger partial charge is 0.318 e. The van der Waals surface area contributed by atoms with Crippen LogP contribution in [0.25, 0.3) is 0 Å². The molecule has 3 N–H and O–H groups in total. The van der Waals surface area contributed by atoms with Crippen molar-refractivity contribution in [3.8, 4) is 0 Å². The first-order valence-electron chi connectivity index (χ1n) is 13.2. The summed E-state index contributed by atoms with van der Waals surface area (Å²) in [5.41, 5.74) is -0.709. The molecule has 4 amide bonds. The number of nitrogens with one attached hydrogen (secondary N) is 3. The third-order valence-electron chi connectivity index (χ3n) is 6.98. The number of unbranched alkanes of at least 4 members (excludes halogenated alkanes) is 1. The molecule has 0 spiro atoms. The molecule has 1 aliphatic carbocycles. The maximum absolute atomic E-state index is 13.6. The fraction of sp³-hybridized carbons (Fsp3) is 0.593. The van der Waals surface area contributed by atoms with E-state index < -0.39 is 29.2 Å². The zero-order valence-electron chi connectivity index (χ0n) is 21.6. The second-order valence-corrected chi connectivity index (χ2v) is 9.68. The lowest BCUT2D eigenvalue weighted by molar-refractivity contribution is -0.141. The van der Waals surface area contributed by atoms with E-state index in [1.165, 1.54) is 0 Å². The molecule has 10 heteroatoms. The molecule has 2 aliphatic rings. The van der Waals surface area contributed by atoms with Gasteiger partial charge >= 0.3 is 6.03 Å². The standard InChI is InChI=1S/C27H38N4O6/c1-2-3-12-21(23(33)24(34)28-19-22(32)20-10-6-4-7-11-20)29-25(35)27(13-8-5-9-14-27)30-26(36)31-15-17-37-18-16-31/h4,6-7,10-11,21H,2-3,5,8-9,12-19H2,1H3,(H,28,34)(H,29,35)(H,30,36)/t21-/m0/s1. The highest BCUT2D eigenvalue weighted by atomic mass is 16.5. The van der Waals surface area contributed by atoms with E-state index in [9.17, 15) is 24.0 Å². The van der Waals surface area contributed by atoms with Crippen LogP contribution in [0.4, 0.5) is 4.79 Å². The van der Waals surface area contributed by atoms with E-state index in [-0.39, 0.29) is 24.8 Å². The minimum absolute atomic E-state index is 0.286. The van der Waals surface area contributed by atoms with Gasteiger partial charge in [0.2, 0.25) is 11.7 Å². The van der Waals surface area contributed by atoms with Crippen molar-refractivity contribution in [3.63, 3.8) is 0 Å². The van der Waals surface area contributed by atoms with Crippen LogP contribution < -0.4 is 16.0 Å². The Bertz CT molecular complexity index is 955. The topological polar surface area (TPSA) is 134 Å². The van der Waals surface area contributed by atoms with Gasteiger partial charge in [0.15, 0.2) is 5.78 Å². The number of carbonyl (C=O) groups is 5. The van der Waals surface area contributed by atoms with Crippen molar-refractivity contribution in [3.05, 3.63) is 35.9 Å². The van der Waals surface area contributed by atoms with E-state index in [0.717, 1.165) is 25.7 Å². The van der Waals surface area contributed by atoms with Gasteiger partial charge in [-0.05, 0) is 19.3 Å². The minimum Gasteiger partial charge on any atom is -0.378 e. The second kappa shape index (κ2) is 13.9. The number of ether oxygens (including phenoxy) is 1. The van der Waals surface area contributed by atoms with Crippen LogP contribution in [-0.4, -0.2) is 78.7 Å².